The van der Waals surface area contributed by atoms with E-state index >= 15 is 0 Å². The summed E-state index contributed by atoms with van der Waals surface area (Å²) < 4.78 is 5.27. The van der Waals surface area contributed by atoms with Crippen LogP contribution in [0.25, 0.3) is 0 Å². The molecule has 0 aliphatic heterocycles. The first-order valence-electron chi connectivity index (χ1n) is 5.44. The summed E-state index contributed by atoms with van der Waals surface area (Å²) in [5.74, 6) is -0.851. The molecule has 0 aromatic heterocycles. The molecule has 0 bridgehead atoms. The van der Waals surface area contributed by atoms with Crippen molar-refractivity contribution in [3.63, 3.8) is 0 Å². The van der Waals surface area contributed by atoms with E-state index in [0.717, 1.165) is 12.8 Å². The zero-order valence-electron chi connectivity index (χ0n) is 9.51. The van der Waals surface area contributed by atoms with Crippen molar-refractivity contribution in [3.8, 4) is 0 Å². The van der Waals surface area contributed by atoms with Crippen molar-refractivity contribution < 1.29 is 14.6 Å². The monoisotopic (exact) mass is 202 g/mol. The standard InChI is InChI=1S/C11H22O3/c1-4-6-7-8-9-11(3,10(12)13)14-5-2/h4-9H2,1-3H3,(H,12,13). The number of hydrogen-bond donors (Lipinski definition) is 1. The highest BCUT2D eigenvalue weighted by atomic mass is 16.5. The third-order valence-electron chi connectivity index (χ3n) is 2.42. The molecular formula is C11H22O3. The molecule has 3 heteroatoms. The molecule has 1 unspecified atom stereocenters. The molecule has 0 aromatic carbocycles. The van der Waals surface area contributed by atoms with E-state index in [9.17, 15) is 4.79 Å². The Bertz CT molecular complexity index is 168. The quantitative estimate of drug-likeness (QED) is 0.616. The molecule has 0 rings (SSSR count). The number of hydrogen-bond acceptors (Lipinski definition) is 2. The summed E-state index contributed by atoms with van der Waals surface area (Å²) >= 11 is 0. The third kappa shape index (κ3) is 4.61. The van der Waals surface area contributed by atoms with Gasteiger partial charge in [-0.15, -0.1) is 0 Å². The summed E-state index contributed by atoms with van der Waals surface area (Å²) in [7, 11) is 0. The molecule has 84 valence electrons. The van der Waals surface area contributed by atoms with Crippen molar-refractivity contribution in [2.75, 3.05) is 6.61 Å². The minimum atomic E-state index is -0.984. The number of carboxylic acid groups (broad SMARTS) is 1. The molecule has 1 N–H and O–H groups in total. The summed E-state index contributed by atoms with van der Waals surface area (Å²) in [5, 5.41) is 9.00. The van der Waals surface area contributed by atoms with Gasteiger partial charge in [-0.05, 0) is 26.7 Å². The van der Waals surface area contributed by atoms with Gasteiger partial charge < -0.3 is 9.84 Å². The zero-order valence-corrected chi connectivity index (χ0v) is 9.51. The molecule has 0 radical (unpaired) electrons. The molecule has 3 nitrogen and oxygen atoms in total. The lowest BCUT2D eigenvalue weighted by Crippen LogP contribution is -2.38. The van der Waals surface area contributed by atoms with Gasteiger partial charge in [0.2, 0.25) is 0 Å². The minimum absolute atomic E-state index is 0.455. The van der Waals surface area contributed by atoms with Crippen molar-refractivity contribution in [2.24, 2.45) is 0 Å². The van der Waals surface area contributed by atoms with Crippen LogP contribution in [0.3, 0.4) is 0 Å². The summed E-state index contributed by atoms with van der Waals surface area (Å²) in [5.41, 5.74) is -0.984. The molecular weight excluding hydrogens is 180 g/mol. The highest BCUT2D eigenvalue weighted by molar-refractivity contribution is 5.76. The Morgan fingerprint density at radius 2 is 1.93 bits per heavy atom. The molecule has 0 amide bonds. The predicted molar refractivity (Wildman–Crippen MR) is 56.4 cm³/mol. The van der Waals surface area contributed by atoms with Gasteiger partial charge in [0.05, 0.1) is 0 Å². The maximum Gasteiger partial charge on any atom is 0.335 e. The van der Waals surface area contributed by atoms with Gasteiger partial charge in [-0.25, -0.2) is 4.79 Å². The minimum Gasteiger partial charge on any atom is -0.479 e. The summed E-state index contributed by atoms with van der Waals surface area (Å²) in [6.45, 7) is 6.08. The molecule has 0 aliphatic carbocycles. The van der Waals surface area contributed by atoms with Crippen LogP contribution in [0.4, 0.5) is 0 Å². The zero-order chi connectivity index (χ0) is 11.0. The van der Waals surface area contributed by atoms with Crippen LogP contribution in [-0.4, -0.2) is 23.3 Å². The molecule has 14 heavy (non-hydrogen) atoms. The highest BCUT2D eigenvalue weighted by Crippen LogP contribution is 2.20. The summed E-state index contributed by atoms with van der Waals surface area (Å²) in [6, 6.07) is 0. The number of ether oxygens (including phenoxy) is 1. The molecule has 0 saturated carbocycles. The Kier molecular flexibility index (Phi) is 6.54. The number of unbranched alkanes of at least 4 members (excludes halogenated alkanes) is 3. The van der Waals surface area contributed by atoms with Gasteiger partial charge in [-0.2, -0.15) is 0 Å². The first-order valence-corrected chi connectivity index (χ1v) is 5.44. The SMILES string of the molecule is CCCCCCC(C)(OCC)C(=O)O. The van der Waals surface area contributed by atoms with Crippen LogP contribution in [0.2, 0.25) is 0 Å². The molecule has 0 spiro atoms. The lowest BCUT2D eigenvalue weighted by molar-refractivity contribution is -0.164. The van der Waals surface area contributed by atoms with Crippen LogP contribution < -0.4 is 0 Å². The van der Waals surface area contributed by atoms with Crippen molar-refractivity contribution >= 4 is 5.97 Å². The average Bonchev–Trinajstić information content (AvgIpc) is 2.13. The van der Waals surface area contributed by atoms with E-state index in [1.165, 1.54) is 12.8 Å². The van der Waals surface area contributed by atoms with Gasteiger partial charge in [0, 0.05) is 6.61 Å². The van der Waals surface area contributed by atoms with Gasteiger partial charge in [0.25, 0.3) is 0 Å². The Morgan fingerprint density at radius 1 is 1.29 bits per heavy atom. The number of aliphatic carboxylic acids is 1. The molecule has 0 aliphatic rings. The first-order chi connectivity index (χ1) is 6.56. The Balaban J connectivity index is 3.90. The maximum absolute atomic E-state index is 10.9. The highest BCUT2D eigenvalue weighted by Gasteiger charge is 2.32. The lowest BCUT2D eigenvalue weighted by Gasteiger charge is -2.24. The van der Waals surface area contributed by atoms with Crippen molar-refractivity contribution in [3.05, 3.63) is 0 Å². The van der Waals surface area contributed by atoms with E-state index in [0.29, 0.717) is 13.0 Å². The van der Waals surface area contributed by atoms with E-state index in [4.69, 9.17) is 9.84 Å². The molecule has 0 aromatic rings. The molecule has 0 fully saturated rings. The van der Waals surface area contributed by atoms with Crippen molar-refractivity contribution in [2.45, 2.75) is 58.5 Å². The van der Waals surface area contributed by atoms with E-state index in [-0.39, 0.29) is 0 Å². The predicted octanol–water partition coefficient (Wildman–Crippen LogP) is 2.84. The van der Waals surface area contributed by atoms with E-state index in [1.807, 2.05) is 6.92 Å². The second kappa shape index (κ2) is 6.82. The van der Waals surface area contributed by atoms with Gasteiger partial charge in [-0.3, -0.25) is 0 Å². The van der Waals surface area contributed by atoms with Crippen LogP contribution in [0, 0.1) is 0 Å². The number of rotatable bonds is 8. The van der Waals surface area contributed by atoms with Crippen molar-refractivity contribution in [1.29, 1.82) is 0 Å². The molecule has 0 heterocycles. The number of carbonyl (C=O) groups is 1. The van der Waals surface area contributed by atoms with Crippen LogP contribution >= 0.6 is 0 Å². The first kappa shape index (κ1) is 13.4. The van der Waals surface area contributed by atoms with Crippen LogP contribution in [-0.2, 0) is 9.53 Å². The van der Waals surface area contributed by atoms with Gasteiger partial charge in [0.1, 0.15) is 0 Å². The van der Waals surface area contributed by atoms with Crippen LogP contribution in [0.5, 0.6) is 0 Å². The van der Waals surface area contributed by atoms with E-state index < -0.39 is 11.6 Å². The Labute approximate surface area is 86.5 Å². The van der Waals surface area contributed by atoms with Gasteiger partial charge in [-0.1, -0.05) is 26.2 Å². The van der Waals surface area contributed by atoms with E-state index in [1.54, 1.807) is 6.92 Å². The van der Waals surface area contributed by atoms with Gasteiger partial charge >= 0.3 is 5.97 Å². The topological polar surface area (TPSA) is 46.5 Å². The fourth-order valence-electron chi connectivity index (χ4n) is 1.45. The largest absolute Gasteiger partial charge is 0.479 e. The normalized spacial score (nSPS) is 15.1. The smallest absolute Gasteiger partial charge is 0.335 e. The Hall–Kier alpha value is -0.570. The summed E-state index contributed by atoms with van der Waals surface area (Å²) in [6.07, 6.45) is 4.96. The lowest BCUT2D eigenvalue weighted by atomic mass is 9.98. The fraction of sp³-hybridized carbons (Fsp3) is 0.909. The van der Waals surface area contributed by atoms with Crippen LogP contribution in [0.15, 0.2) is 0 Å². The Morgan fingerprint density at radius 3 is 2.36 bits per heavy atom. The second-order valence-corrected chi connectivity index (χ2v) is 3.78. The summed E-state index contributed by atoms with van der Waals surface area (Å²) in [4.78, 5) is 10.9. The number of carboxylic acids is 1. The third-order valence-corrected chi connectivity index (χ3v) is 2.42. The van der Waals surface area contributed by atoms with E-state index in [2.05, 4.69) is 6.92 Å². The second-order valence-electron chi connectivity index (χ2n) is 3.78. The maximum atomic E-state index is 10.9. The van der Waals surface area contributed by atoms with Crippen LogP contribution in [0.1, 0.15) is 52.9 Å². The average molecular weight is 202 g/mol. The van der Waals surface area contributed by atoms with Crippen molar-refractivity contribution in [1.82, 2.24) is 0 Å². The molecule has 0 saturated heterocycles. The van der Waals surface area contributed by atoms with Gasteiger partial charge in [0.15, 0.2) is 5.60 Å². The molecule has 1 atom stereocenters. The fourth-order valence-corrected chi connectivity index (χ4v) is 1.45.